The topological polar surface area (TPSA) is 79.9 Å². The van der Waals surface area contributed by atoms with Crippen molar-refractivity contribution >= 4 is 23.4 Å². The predicted molar refractivity (Wildman–Crippen MR) is 80.1 cm³/mol. The maximum atomic E-state index is 13.0. The van der Waals surface area contributed by atoms with Crippen molar-refractivity contribution in [2.45, 2.75) is 24.1 Å². The smallest absolute Gasteiger partial charge is 0.234 e. The minimum Gasteiger partial charge on any atom is -0.370 e. The highest BCUT2D eigenvalue weighted by Gasteiger charge is 2.21. The summed E-state index contributed by atoms with van der Waals surface area (Å²) in [5, 5.41) is 10.0. The molecule has 1 aliphatic rings. The molecule has 1 atom stereocenters. The molecule has 2 heterocycles. The first-order valence-electron chi connectivity index (χ1n) is 6.93. The molecule has 2 N–H and O–H groups in total. The minimum absolute atomic E-state index is 0.0250. The van der Waals surface area contributed by atoms with Crippen LogP contribution >= 0.6 is 11.8 Å². The van der Waals surface area contributed by atoms with Gasteiger partial charge in [-0.15, -0.1) is 5.10 Å². The lowest BCUT2D eigenvalue weighted by atomic mass is 10.2. The first-order chi connectivity index (χ1) is 10.7. The highest BCUT2D eigenvalue weighted by Crippen LogP contribution is 2.26. The molecule has 2 aromatic rings. The molecular weight excluding hydrogens is 307 g/mol. The van der Waals surface area contributed by atoms with Crippen molar-refractivity contribution in [3.63, 3.8) is 0 Å². The summed E-state index contributed by atoms with van der Waals surface area (Å²) in [6.07, 6.45) is 1.92. The number of thioether (sulfide) groups is 1. The fraction of sp³-hybridized carbons (Fsp3) is 0.357. The van der Waals surface area contributed by atoms with Gasteiger partial charge < -0.3 is 10.1 Å². The van der Waals surface area contributed by atoms with Crippen LogP contribution in [-0.2, 0) is 9.53 Å². The number of carbonyl (C=O) groups excluding carboxylic acids is 1. The van der Waals surface area contributed by atoms with E-state index in [1.54, 1.807) is 12.1 Å². The van der Waals surface area contributed by atoms with Crippen LogP contribution in [0.25, 0.3) is 0 Å². The summed E-state index contributed by atoms with van der Waals surface area (Å²) >= 11 is 1.22. The molecule has 1 saturated heterocycles. The summed E-state index contributed by atoms with van der Waals surface area (Å²) < 4.78 is 18.5. The first-order valence-corrected chi connectivity index (χ1v) is 7.91. The van der Waals surface area contributed by atoms with Gasteiger partial charge in [0, 0.05) is 12.3 Å². The molecule has 0 unspecified atom stereocenters. The molecule has 0 spiro atoms. The zero-order valence-electron chi connectivity index (χ0n) is 11.7. The standard InChI is InChI=1S/C14H15FN4O2S/c15-9-3-1-4-10(7-9)16-12(20)8-22-14-17-13(18-19-14)11-5-2-6-21-11/h1,3-4,7,11H,2,5-6,8H2,(H,16,20)(H,17,18,19)/t11-/m0/s1. The van der Waals surface area contributed by atoms with E-state index < -0.39 is 0 Å². The number of nitrogens with zero attached hydrogens (tertiary/aromatic N) is 2. The molecule has 0 saturated carbocycles. The van der Waals surface area contributed by atoms with Crippen LogP contribution in [0.5, 0.6) is 0 Å². The van der Waals surface area contributed by atoms with Crippen molar-refractivity contribution in [1.82, 2.24) is 15.2 Å². The van der Waals surface area contributed by atoms with Crippen molar-refractivity contribution in [3.8, 4) is 0 Å². The Kier molecular flexibility index (Phi) is 4.69. The van der Waals surface area contributed by atoms with E-state index >= 15 is 0 Å². The number of halogens is 1. The minimum atomic E-state index is -0.388. The zero-order valence-corrected chi connectivity index (χ0v) is 12.5. The number of aromatic nitrogens is 3. The normalized spacial score (nSPS) is 17.6. The maximum absolute atomic E-state index is 13.0. The van der Waals surface area contributed by atoms with Gasteiger partial charge in [0.15, 0.2) is 5.82 Å². The Balaban J connectivity index is 1.50. The molecular formula is C14H15FN4O2S. The van der Waals surface area contributed by atoms with Gasteiger partial charge in [-0.05, 0) is 31.0 Å². The number of hydrogen-bond acceptors (Lipinski definition) is 5. The first kappa shape index (κ1) is 15.0. The van der Waals surface area contributed by atoms with Crippen molar-refractivity contribution in [2.24, 2.45) is 0 Å². The van der Waals surface area contributed by atoms with E-state index in [4.69, 9.17) is 4.74 Å². The SMILES string of the molecule is O=C(CSc1n[nH]c([C@@H]2CCCO2)n1)Nc1cccc(F)c1. The zero-order chi connectivity index (χ0) is 15.4. The number of aromatic amines is 1. The quantitative estimate of drug-likeness (QED) is 0.827. The fourth-order valence-corrected chi connectivity index (χ4v) is 2.76. The summed E-state index contributed by atoms with van der Waals surface area (Å²) in [6.45, 7) is 0.740. The number of ether oxygens (including phenoxy) is 1. The molecule has 1 aromatic carbocycles. The van der Waals surface area contributed by atoms with Crippen LogP contribution in [0, 0.1) is 5.82 Å². The molecule has 116 valence electrons. The van der Waals surface area contributed by atoms with Gasteiger partial charge in [-0.1, -0.05) is 17.8 Å². The van der Waals surface area contributed by atoms with Crippen molar-refractivity contribution in [1.29, 1.82) is 0 Å². The van der Waals surface area contributed by atoms with Crippen LogP contribution in [-0.4, -0.2) is 33.4 Å². The molecule has 0 aliphatic carbocycles. The Labute approximate surface area is 130 Å². The highest BCUT2D eigenvalue weighted by molar-refractivity contribution is 7.99. The summed E-state index contributed by atoms with van der Waals surface area (Å²) in [5.74, 6) is 0.226. The van der Waals surface area contributed by atoms with Crippen molar-refractivity contribution in [2.75, 3.05) is 17.7 Å². The van der Waals surface area contributed by atoms with Gasteiger partial charge in [0.2, 0.25) is 11.1 Å². The lowest BCUT2D eigenvalue weighted by Gasteiger charge is -2.04. The van der Waals surface area contributed by atoms with Gasteiger partial charge in [0.1, 0.15) is 11.9 Å². The largest absolute Gasteiger partial charge is 0.370 e. The van der Waals surface area contributed by atoms with E-state index in [9.17, 15) is 9.18 Å². The molecule has 0 bridgehead atoms. The van der Waals surface area contributed by atoms with Gasteiger partial charge in [-0.3, -0.25) is 9.89 Å². The van der Waals surface area contributed by atoms with Crippen LogP contribution in [0.3, 0.4) is 0 Å². The van der Waals surface area contributed by atoms with Gasteiger partial charge in [-0.25, -0.2) is 9.37 Å². The number of nitrogens with one attached hydrogen (secondary N) is 2. The maximum Gasteiger partial charge on any atom is 0.234 e. The molecule has 22 heavy (non-hydrogen) atoms. The third kappa shape index (κ3) is 3.83. The van der Waals surface area contributed by atoms with Crippen LogP contribution in [0.15, 0.2) is 29.4 Å². The highest BCUT2D eigenvalue weighted by atomic mass is 32.2. The number of anilines is 1. The Morgan fingerprint density at radius 1 is 1.55 bits per heavy atom. The van der Waals surface area contributed by atoms with E-state index in [1.807, 2.05) is 0 Å². The molecule has 1 aromatic heterocycles. The van der Waals surface area contributed by atoms with Gasteiger partial charge in [0.25, 0.3) is 0 Å². The van der Waals surface area contributed by atoms with Gasteiger partial charge in [0.05, 0.1) is 5.75 Å². The lowest BCUT2D eigenvalue weighted by molar-refractivity contribution is -0.113. The summed E-state index contributed by atoms with van der Waals surface area (Å²) in [7, 11) is 0. The van der Waals surface area contributed by atoms with E-state index in [-0.39, 0.29) is 23.6 Å². The number of hydrogen-bond donors (Lipinski definition) is 2. The summed E-state index contributed by atoms with van der Waals surface area (Å²) in [6, 6.07) is 5.77. The predicted octanol–water partition coefficient (Wildman–Crippen LogP) is 2.53. The van der Waals surface area contributed by atoms with Crippen LogP contribution in [0.2, 0.25) is 0 Å². The third-order valence-electron chi connectivity index (χ3n) is 3.16. The number of H-pyrrole nitrogens is 1. The van der Waals surface area contributed by atoms with Crippen molar-refractivity contribution < 1.29 is 13.9 Å². The molecule has 8 heteroatoms. The Morgan fingerprint density at radius 3 is 3.23 bits per heavy atom. The fourth-order valence-electron chi connectivity index (χ4n) is 2.15. The Hall–Kier alpha value is -1.93. The number of carbonyl (C=O) groups is 1. The monoisotopic (exact) mass is 322 g/mol. The Morgan fingerprint density at radius 2 is 2.45 bits per heavy atom. The van der Waals surface area contributed by atoms with Gasteiger partial charge >= 0.3 is 0 Å². The molecule has 1 fully saturated rings. The Bertz CT molecular complexity index is 658. The molecule has 6 nitrogen and oxygen atoms in total. The van der Waals surface area contributed by atoms with E-state index in [0.717, 1.165) is 19.4 Å². The average Bonchev–Trinajstić information content (AvgIpc) is 3.16. The summed E-state index contributed by atoms with van der Waals surface area (Å²) in [4.78, 5) is 16.1. The second-order valence-corrected chi connectivity index (χ2v) is 5.79. The van der Waals surface area contributed by atoms with Crippen LogP contribution < -0.4 is 5.32 Å². The van der Waals surface area contributed by atoms with Gasteiger partial charge in [-0.2, -0.15) is 0 Å². The number of rotatable bonds is 5. The van der Waals surface area contributed by atoms with Crippen LogP contribution in [0.4, 0.5) is 10.1 Å². The summed E-state index contributed by atoms with van der Waals surface area (Å²) in [5.41, 5.74) is 0.431. The number of amides is 1. The van der Waals surface area contributed by atoms with Crippen LogP contribution in [0.1, 0.15) is 24.8 Å². The lowest BCUT2D eigenvalue weighted by Crippen LogP contribution is -2.14. The molecule has 1 amide bonds. The third-order valence-corrected chi connectivity index (χ3v) is 4.00. The second-order valence-electron chi connectivity index (χ2n) is 4.85. The number of benzene rings is 1. The van der Waals surface area contributed by atoms with E-state index in [0.29, 0.717) is 16.7 Å². The average molecular weight is 322 g/mol. The second kappa shape index (κ2) is 6.89. The van der Waals surface area contributed by atoms with E-state index in [1.165, 1.54) is 23.9 Å². The van der Waals surface area contributed by atoms with E-state index in [2.05, 4.69) is 20.5 Å². The molecule has 1 aliphatic heterocycles. The molecule has 0 radical (unpaired) electrons. The molecule has 3 rings (SSSR count). The van der Waals surface area contributed by atoms with Crippen molar-refractivity contribution in [3.05, 3.63) is 35.9 Å².